The van der Waals surface area contributed by atoms with Gasteiger partial charge in [0.25, 0.3) is 0 Å². The molecule has 0 bridgehead atoms. The number of nitriles is 1. The van der Waals surface area contributed by atoms with Crippen LogP contribution >= 0.6 is 0 Å². The molecule has 19 heavy (non-hydrogen) atoms. The third-order valence-corrected chi connectivity index (χ3v) is 0. The molecule has 0 aliphatic heterocycles. The van der Waals surface area contributed by atoms with Gasteiger partial charge in [0.15, 0.2) is 0 Å². The Morgan fingerprint density at radius 1 is 0.579 bits per heavy atom. The van der Waals surface area contributed by atoms with Crippen molar-refractivity contribution in [3.05, 3.63) is 0 Å². The van der Waals surface area contributed by atoms with Crippen LogP contribution in [-0.4, -0.2) is 73.1 Å². The van der Waals surface area contributed by atoms with Gasteiger partial charge in [-0.1, -0.05) is 0 Å². The van der Waals surface area contributed by atoms with Crippen LogP contribution in [0, 0.1) is 11.3 Å². The molecule has 0 unspecified atom stereocenters. The average molecular weight is 342 g/mol. The van der Waals surface area contributed by atoms with Gasteiger partial charge in [-0.3, -0.25) is 0 Å². The minimum atomic E-state index is -6.00. The number of nitrogens with zero attached hydrogens (tertiary/aromatic N) is 1. The van der Waals surface area contributed by atoms with Gasteiger partial charge in [0, 0.05) is 6.92 Å². The molecule has 0 aromatic heterocycles. The average Bonchev–Trinajstić information content (AvgIpc) is 1.71. The van der Waals surface area contributed by atoms with Crippen LogP contribution in [0.5, 0.6) is 0 Å². The normalized spacial score (nSPS) is 9.89. The van der Waals surface area contributed by atoms with Gasteiger partial charge in [-0.2, -0.15) is 5.26 Å². The molecular weight excluding hydrogens is 338 g/mol. The Bertz CT molecular complexity index is 166. The maximum absolute atomic E-state index is 9.75. The van der Waals surface area contributed by atoms with Gasteiger partial charge >= 0.3 is 73.1 Å². The van der Waals surface area contributed by atoms with Crippen molar-refractivity contribution in [2.24, 2.45) is 0 Å². The molecular formula is C2H4B3F12KN-3. The van der Waals surface area contributed by atoms with E-state index in [1.807, 2.05) is 0 Å². The van der Waals surface area contributed by atoms with Gasteiger partial charge in [0.1, 0.15) is 0 Å². The Labute approximate surface area is 142 Å². The van der Waals surface area contributed by atoms with E-state index >= 15 is 0 Å². The summed E-state index contributed by atoms with van der Waals surface area (Å²) in [5.41, 5.74) is 0. The molecule has 17 heteroatoms. The zero-order valence-corrected chi connectivity index (χ0v) is 8.21. The SMILES string of the molecule is CC#N.F[B-](F)(F)F.F[B-](F)(F)F.F[B-](F)(F)F.[KH]. The summed E-state index contributed by atoms with van der Waals surface area (Å²) in [6.45, 7) is 1.43. The summed E-state index contributed by atoms with van der Waals surface area (Å²) < 4.78 is 117. The maximum atomic E-state index is 9.75. The number of hydrogen-bond donors (Lipinski definition) is 0. The van der Waals surface area contributed by atoms with Crippen molar-refractivity contribution in [1.82, 2.24) is 0 Å². The second-order valence-electron chi connectivity index (χ2n) is 1.71. The van der Waals surface area contributed by atoms with Crippen LogP contribution in [0.1, 0.15) is 6.92 Å². The van der Waals surface area contributed by atoms with Crippen molar-refractivity contribution >= 4 is 73.1 Å². The molecule has 0 saturated carbocycles. The Balaban J connectivity index is -0.0000000458. The molecule has 0 fully saturated rings. The van der Waals surface area contributed by atoms with E-state index in [0.29, 0.717) is 0 Å². The van der Waals surface area contributed by atoms with Crippen LogP contribution in [-0.2, 0) is 0 Å². The molecule has 114 valence electrons. The van der Waals surface area contributed by atoms with Crippen molar-refractivity contribution in [2.45, 2.75) is 6.92 Å². The van der Waals surface area contributed by atoms with Crippen LogP contribution in [0.4, 0.5) is 51.8 Å². The number of hydrogen-bond acceptors (Lipinski definition) is 1. The standard InChI is InChI=1S/C2H3N.3BF4.K.H/c1-2-3;3*2-1(3,4)5;;/h1H3;;;;;/q;3*-1;;. The third-order valence-electron chi connectivity index (χ3n) is 0. The van der Waals surface area contributed by atoms with Gasteiger partial charge < -0.3 is 51.8 Å². The monoisotopic (exact) mass is 342 g/mol. The number of halogens is 12. The first kappa shape index (κ1) is 31.7. The van der Waals surface area contributed by atoms with Crippen molar-refractivity contribution < 1.29 is 51.8 Å². The van der Waals surface area contributed by atoms with Gasteiger partial charge in [-0.05, 0) is 0 Å². The molecule has 0 heterocycles. The second-order valence-corrected chi connectivity index (χ2v) is 1.71. The van der Waals surface area contributed by atoms with Crippen LogP contribution in [0.3, 0.4) is 0 Å². The van der Waals surface area contributed by atoms with E-state index in [2.05, 4.69) is 0 Å². The van der Waals surface area contributed by atoms with E-state index < -0.39 is 21.8 Å². The fraction of sp³-hybridized carbons (Fsp3) is 0.500. The van der Waals surface area contributed by atoms with Gasteiger partial charge in [-0.25, -0.2) is 0 Å². The Kier molecular flexibility index (Phi) is 24.9. The fourth-order valence-electron chi connectivity index (χ4n) is 0. The first-order valence-electron chi connectivity index (χ1n) is 3.34. The van der Waals surface area contributed by atoms with E-state index in [4.69, 9.17) is 5.26 Å². The molecule has 0 rings (SSSR count). The molecule has 0 N–H and O–H groups in total. The summed E-state index contributed by atoms with van der Waals surface area (Å²) >= 11 is 0. The first-order chi connectivity index (χ1) is 7.41. The molecule has 0 aromatic rings. The van der Waals surface area contributed by atoms with E-state index in [0.717, 1.165) is 0 Å². The van der Waals surface area contributed by atoms with Crippen molar-refractivity contribution in [1.29, 1.82) is 5.26 Å². The molecule has 0 atom stereocenters. The zero-order valence-electron chi connectivity index (χ0n) is 8.21. The predicted molar refractivity (Wildman–Crippen MR) is 49.0 cm³/mol. The van der Waals surface area contributed by atoms with Gasteiger partial charge in [0.2, 0.25) is 0 Å². The number of rotatable bonds is 0. The van der Waals surface area contributed by atoms with Gasteiger partial charge in [0.05, 0.1) is 6.07 Å². The molecule has 0 amide bonds. The molecule has 0 aliphatic carbocycles. The van der Waals surface area contributed by atoms with Gasteiger partial charge in [-0.15, -0.1) is 0 Å². The summed E-state index contributed by atoms with van der Waals surface area (Å²) in [7, 11) is -18.0. The molecule has 0 saturated heterocycles. The Morgan fingerprint density at radius 2 is 0.579 bits per heavy atom. The molecule has 0 radical (unpaired) electrons. The van der Waals surface area contributed by atoms with Crippen LogP contribution in [0.25, 0.3) is 0 Å². The molecule has 0 spiro atoms. The zero-order chi connectivity index (χ0) is 16.2. The minimum absolute atomic E-state index is 0. The molecule has 1 nitrogen and oxygen atoms in total. The van der Waals surface area contributed by atoms with E-state index in [-0.39, 0.29) is 51.4 Å². The summed E-state index contributed by atoms with van der Waals surface area (Å²) in [6.07, 6.45) is 0. The molecule has 0 aromatic carbocycles. The van der Waals surface area contributed by atoms with Crippen molar-refractivity contribution in [2.75, 3.05) is 0 Å². The predicted octanol–water partition coefficient (Wildman–Crippen LogP) is 3.78. The summed E-state index contributed by atoms with van der Waals surface area (Å²) in [6, 6.07) is 1.75. The fourth-order valence-corrected chi connectivity index (χ4v) is 0. The Morgan fingerprint density at radius 3 is 0.579 bits per heavy atom. The van der Waals surface area contributed by atoms with Crippen molar-refractivity contribution in [3.63, 3.8) is 0 Å². The topological polar surface area (TPSA) is 23.8 Å². The van der Waals surface area contributed by atoms with E-state index in [1.165, 1.54) is 6.92 Å². The van der Waals surface area contributed by atoms with E-state index in [1.54, 1.807) is 6.07 Å². The Hall–Kier alpha value is 0.481. The van der Waals surface area contributed by atoms with Crippen LogP contribution in [0.2, 0.25) is 0 Å². The summed E-state index contributed by atoms with van der Waals surface area (Å²) in [5, 5.41) is 7.32. The first-order valence-corrected chi connectivity index (χ1v) is 3.34. The third kappa shape index (κ3) is 21700. The second kappa shape index (κ2) is 14.9. The van der Waals surface area contributed by atoms with Crippen molar-refractivity contribution in [3.8, 4) is 6.07 Å². The summed E-state index contributed by atoms with van der Waals surface area (Å²) in [5.74, 6) is 0. The molecule has 0 aliphatic rings. The summed E-state index contributed by atoms with van der Waals surface area (Å²) in [4.78, 5) is 0. The van der Waals surface area contributed by atoms with Crippen LogP contribution < -0.4 is 0 Å². The van der Waals surface area contributed by atoms with E-state index in [9.17, 15) is 51.8 Å². The van der Waals surface area contributed by atoms with Crippen LogP contribution in [0.15, 0.2) is 0 Å². The quantitative estimate of drug-likeness (QED) is 0.486.